The second-order valence-corrected chi connectivity index (χ2v) is 6.76. The van der Waals surface area contributed by atoms with E-state index in [4.69, 9.17) is 4.74 Å². The maximum atomic E-state index is 12.9. The number of carbonyl (C=O) groups is 1. The van der Waals surface area contributed by atoms with Crippen molar-refractivity contribution in [3.05, 3.63) is 76.1 Å². The number of non-ortho nitro benzene ring substituents is 1. The number of benzene rings is 2. The van der Waals surface area contributed by atoms with Gasteiger partial charge in [0.1, 0.15) is 17.5 Å². The van der Waals surface area contributed by atoms with Gasteiger partial charge in [0.05, 0.1) is 28.4 Å². The number of carbonyl (C=O) groups excluding carboxylic acids is 1. The molecule has 1 amide bonds. The first-order chi connectivity index (χ1) is 14.5. The summed E-state index contributed by atoms with van der Waals surface area (Å²) < 4.78 is 45.5. The third-order valence-corrected chi connectivity index (χ3v) is 4.27. The van der Waals surface area contributed by atoms with Crippen molar-refractivity contribution in [1.29, 1.82) is 0 Å². The number of nitrogens with one attached hydrogen (secondary N) is 1. The quantitative estimate of drug-likeness (QED) is 0.429. The first-order valence-electron chi connectivity index (χ1n) is 8.99. The second kappa shape index (κ2) is 8.46. The smallest absolute Gasteiger partial charge is 0.416 e. The Labute approximate surface area is 174 Å². The summed E-state index contributed by atoms with van der Waals surface area (Å²) in [4.78, 5) is 23.1. The highest BCUT2D eigenvalue weighted by Crippen LogP contribution is 2.34. The van der Waals surface area contributed by atoms with Crippen molar-refractivity contribution in [2.24, 2.45) is 0 Å². The Morgan fingerprint density at radius 2 is 1.97 bits per heavy atom. The molecule has 0 saturated carbocycles. The Morgan fingerprint density at radius 1 is 1.23 bits per heavy atom. The van der Waals surface area contributed by atoms with Crippen LogP contribution in [0.4, 0.5) is 24.5 Å². The fourth-order valence-electron chi connectivity index (χ4n) is 2.70. The van der Waals surface area contributed by atoms with Gasteiger partial charge in [0.15, 0.2) is 0 Å². The molecule has 1 N–H and O–H groups in total. The van der Waals surface area contributed by atoms with Crippen molar-refractivity contribution in [2.75, 3.05) is 5.32 Å². The number of hydrogen-bond acceptors (Lipinski definition) is 5. The lowest BCUT2D eigenvalue weighted by Crippen LogP contribution is -2.24. The topological polar surface area (TPSA) is 99.3 Å². The summed E-state index contributed by atoms with van der Waals surface area (Å²) in [5.74, 6) is -0.756. The number of rotatable bonds is 6. The molecule has 31 heavy (non-hydrogen) atoms. The molecule has 0 aliphatic carbocycles. The molecule has 2 aromatic carbocycles. The maximum Gasteiger partial charge on any atom is 0.416 e. The van der Waals surface area contributed by atoms with Gasteiger partial charge in [-0.05, 0) is 37.6 Å². The normalized spacial score (nSPS) is 12.3. The van der Waals surface area contributed by atoms with E-state index >= 15 is 0 Å². The number of nitro groups is 1. The third-order valence-electron chi connectivity index (χ3n) is 4.27. The van der Waals surface area contributed by atoms with E-state index in [0.29, 0.717) is 0 Å². The van der Waals surface area contributed by atoms with E-state index in [9.17, 15) is 28.1 Å². The predicted molar refractivity (Wildman–Crippen MR) is 105 cm³/mol. The maximum absolute atomic E-state index is 12.9. The monoisotopic (exact) mass is 434 g/mol. The lowest BCUT2D eigenvalue weighted by molar-refractivity contribution is -0.384. The van der Waals surface area contributed by atoms with Crippen LogP contribution in [0.3, 0.4) is 0 Å². The van der Waals surface area contributed by atoms with Gasteiger partial charge in [-0.15, -0.1) is 0 Å². The van der Waals surface area contributed by atoms with Crippen LogP contribution in [0.5, 0.6) is 11.5 Å². The van der Waals surface area contributed by atoms with E-state index in [1.54, 1.807) is 19.3 Å². The molecule has 1 aromatic heterocycles. The lowest BCUT2D eigenvalue weighted by atomic mass is 10.2. The Bertz CT molecular complexity index is 1130. The zero-order valence-corrected chi connectivity index (χ0v) is 16.4. The van der Waals surface area contributed by atoms with Crippen LogP contribution < -0.4 is 10.1 Å². The summed E-state index contributed by atoms with van der Waals surface area (Å²) in [7, 11) is 0. The number of nitrogens with zero attached hydrogens (tertiary/aromatic N) is 3. The summed E-state index contributed by atoms with van der Waals surface area (Å²) >= 11 is 0. The molecular weight excluding hydrogens is 417 g/mol. The molecular formula is C20H17F3N4O4. The molecule has 3 aromatic rings. The highest BCUT2D eigenvalue weighted by Gasteiger charge is 2.30. The molecule has 3 rings (SSSR count). The number of hydrogen-bond donors (Lipinski definition) is 1. The molecule has 162 valence electrons. The van der Waals surface area contributed by atoms with Gasteiger partial charge in [0.25, 0.3) is 5.69 Å². The predicted octanol–water partition coefficient (Wildman–Crippen LogP) is 5.11. The Morgan fingerprint density at radius 3 is 2.58 bits per heavy atom. The Hall–Kier alpha value is -3.89. The third kappa shape index (κ3) is 5.38. The van der Waals surface area contributed by atoms with Crippen molar-refractivity contribution in [2.45, 2.75) is 26.1 Å². The molecule has 0 fully saturated rings. The molecule has 0 aliphatic rings. The Balaban J connectivity index is 1.86. The number of alkyl halides is 3. The molecule has 0 bridgehead atoms. The molecule has 1 heterocycles. The minimum absolute atomic E-state index is 0.0527. The van der Waals surface area contributed by atoms with Crippen LogP contribution in [0.15, 0.2) is 54.9 Å². The van der Waals surface area contributed by atoms with Gasteiger partial charge in [-0.25, -0.2) is 0 Å². The van der Waals surface area contributed by atoms with Crippen LogP contribution in [-0.2, 0) is 11.0 Å². The van der Waals surface area contributed by atoms with Gasteiger partial charge < -0.3 is 10.1 Å². The fraction of sp³-hybridized carbons (Fsp3) is 0.200. The second-order valence-electron chi connectivity index (χ2n) is 6.76. The van der Waals surface area contributed by atoms with E-state index in [2.05, 4.69) is 10.4 Å². The number of nitro benzene ring substituents is 1. The first-order valence-corrected chi connectivity index (χ1v) is 8.99. The first kappa shape index (κ1) is 21.8. The fourth-order valence-corrected chi connectivity index (χ4v) is 2.70. The molecule has 1 unspecified atom stereocenters. The summed E-state index contributed by atoms with van der Waals surface area (Å²) in [6.45, 7) is 3.41. The molecule has 1 atom stereocenters. The van der Waals surface area contributed by atoms with Crippen LogP contribution in [0.1, 0.15) is 24.1 Å². The van der Waals surface area contributed by atoms with Crippen molar-refractivity contribution >= 4 is 17.3 Å². The number of aromatic nitrogens is 2. The number of amides is 1. The molecule has 8 nitrogen and oxygen atoms in total. The lowest BCUT2D eigenvalue weighted by Gasteiger charge is -2.14. The number of ether oxygens (including phenoxy) is 1. The molecule has 11 heteroatoms. The number of anilines is 1. The van der Waals surface area contributed by atoms with Crippen molar-refractivity contribution in [1.82, 2.24) is 9.78 Å². The number of aryl methyl sites for hydroxylation is 1. The van der Waals surface area contributed by atoms with Crippen LogP contribution in [0.2, 0.25) is 0 Å². The van der Waals surface area contributed by atoms with Gasteiger partial charge >= 0.3 is 6.18 Å². The van der Waals surface area contributed by atoms with Gasteiger partial charge in [-0.3, -0.25) is 19.6 Å². The SMILES string of the molecule is Cc1cnn(C(C)C(=O)Nc2cc(Oc3cccc(C(F)(F)F)c3)cc([N+](=O)[O-])c2)c1. The minimum atomic E-state index is -4.57. The van der Waals surface area contributed by atoms with E-state index < -0.39 is 34.3 Å². The van der Waals surface area contributed by atoms with Gasteiger partial charge in [0.2, 0.25) is 5.91 Å². The molecule has 0 spiro atoms. The average molecular weight is 434 g/mol. The minimum Gasteiger partial charge on any atom is -0.457 e. The molecule has 0 saturated heterocycles. The highest BCUT2D eigenvalue weighted by atomic mass is 19.4. The highest BCUT2D eigenvalue weighted by molar-refractivity contribution is 5.94. The van der Waals surface area contributed by atoms with Crippen LogP contribution in [0, 0.1) is 17.0 Å². The van der Waals surface area contributed by atoms with Crippen LogP contribution in [0.25, 0.3) is 0 Å². The largest absolute Gasteiger partial charge is 0.457 e. The molecule has 0 aliphatic heterocycles. The Kier molecular flexibility index (Phi) is 5.95. The van der Waals surface area contributed by atoms with E-state index in [0.717, 1.165) is 35.9 Å². The standard InChI is InChI=1S/C20H17F3N4O4/c1-12-10-24-26(11-12)13(2)19(28)25-15-7-16(27(29)30)9-18(8-15)31-17-5-3-4-14(6-17)20(21,22)23/h3-11,13H,1-2H3,(H,25,28). The van der Waals surface area contributed by atoms with E-state index in [1.165, 1.54) is 16.8 Å². The zero-order chi connectivity index (χ0) is 22.8. The van der Waals surface area contributed by atoms with Gasteiger partial charge in [0, 0.05) is 18.3 Å². The molecule has 0 radical (unpaired) electrons. The van der Waals surface area contributed by atoms with Crippen molar-refractivity contribution < 1.29 is 27.6 Å². The van der Waals surface area contributed by atoms with Crippen molar-refractivity contribution in [3.8, 4) is 11.5 Å². The van der Waals surface area contributed by atoms with E-state index in [1.807, 2.05) is 6.92 Å². The zero-order valence-electron chi connectivity index (χ0n) is 16.4. The summed E-state index contributed by atoms with van der Waals surface area (Å²) in [6, 6.07) is 6.85. The summed E-state index contributed by atoms with van der Waals surface area (Å²) in [5.41, 5.74) is -0.418. The summed E-state index contributed by atoms with van der Waals surface area (Å²) in [6.07, 6.45) is -1.32. The van der Waals surface area contributed by atoms with Gasteiger partial charge in [-0.1, -0.05) is 6.07 Å². The van der Waals surface area contributed by atoms with Gasteiger partial charge in [-0.2, -0.15) is 18.3 Å². The van der Waals surface area contributed by atoms with Crippen LogP contribution in [-0.4, -0.2) is 20.6 Å². The van der Waals surface area contributed by atoms with Crippen molar-refractivity contribution in [3.63, 3.8) is 0 Å². The van der Waals surface area contributed by atoms with E-state index in [-0.39, 0.29) is 17.2 Å². The average Bonchev–Trinajstić information content (AvgIpc) is 3.13. The van der Waals surface area contributed by atoms with Crippen LogP contribution >= 0.6 is 0 Å². The summed E-state index contributed by atoms with van der Waals surface area (Å²) in [5, 5.41) is 17.9. The number of halogens is 3.